The molecule has 0 spiro atoms. The molecule has 144 valence electrons. The van der Waals surface area contributed by atoms with Crippen molar-refractivity contribution >= 4 is 51.0 Å². The Morgan fingerprint density at radius 3 is 2.36 bits per heavy atom. The number of carbonyl (C=O) groups excluding carboxylic acids is 3. The van der Waals surface area contributed by atoms with Gasteiger partial charge in [0.15, 0.2) is 5.11 Å². The van der Waals surface area contributed by atoms with Crippen LogP contribution in [0.25, 0.3) is 0 Å². The Kier molecular flexibility index (Phi) is 6.05. The van der Waals surface area contributed by atoms with Crippen molar-refractivity contribution in [3.8, 4) is 0 Å². The number of nitrogens with one attached hydrogen (secondary N) is 1. The maximum atomic E-state index is 12.9. The summed E-state index contributed by atoms with van der Waals surface area (Å²) in [5.74, 6) is -1.49. The van der Waals surface area contributed by atoms with E-state index in [1.165, 1.54) is 9.91 Å². The summed E-state index contributed by atoms with van der Waals surface area (Å²) in [4.78, 5) is 38.3. The van der Waals surface area contributed by atoms with E-state index in [1.807, 2.05) is 30.3 Å². The number of benzene rings is 2. The second-order valence-electron chi connectivity index (χ2n) is 6.20. The molecule has 3 amide bonds. The second kappa shape index (κ2) is 8.49. The van der Waals surface area contributed by atoms with Crippen LogP contribution in [0.4, 0.5) is 0 Å². The summed E-state index contributed by atoms with van der Waals surface area (Å²) < 4.78 is 0.830. The SMILES string of the molecule is NC(=O)CC1C(=O)N(Cc2ccccc2)C(=S)N1NC(=O)c1ccc(Br)cc1. The zero-order valence-corrected chi connectivity index (χ0v) is 17.1. The lowest BCUT2D eigenvalue weighted by atomic mass is 10.1. The van der Waals surface area contributed by atoms with E-state index in [1.54, 1.807) is 24.3 Å². The van der Waals surface area contributed by atoms with Gasteiger partial charge in [0.25, 0.3) is 11.8 Å². The number of hydrogen-bond acceptors (Lipinski definition) is 4. The predicted octanol–water partition coefficient (Wildman–Crippen LogP) is 1.97. The van der Waals surface area contributed by atoms with Gasteiger partial charge < -0.3 is 5.73 Å². The molecule has 1 heterocycles. The van der Waals surface area contributed by atoms with Gasteiger partial charge in [-0.2, -0.15) is 0 Å². The van der Waals surface area contributed by atoms with Gasteiger partial charge in [0.2, 0.25) is 5.91 Å². The Balaban J connectivity index is 1.83. The standard InChI is InChI=1S/C19H17BrN4O3S/c20-14-8-6-13(7-9-14)17(26)22-24-15(10-16(21)25)18(27)23(19(24)28)11-12-4-2-1-3-5-12/h1-9,15H,10-11H2,(H2,21,25)(H,22,26). The highest BCUT2D eigenvalue weighted by Crippen LogP contribution is 2.22. The highest BCUT2D eigenvalue weighted by atomic mass is 79.9. The number of nitrogens with two attached hydrogens (primary N) is 1. The Labute approximate surface area is 175 Å². The third-order valence-corrected chi connectivity index (χ3v) is 5.15. The number of thiocarbonyl (C=S) groups is 1. The summed E-state index contributed by atoms with van der Waals surface area (Å²) in [6, 6.07) is 15.0. The Bertz CT molecular complexity index is 921. The molecule has 9 heteroatoms. The molecule has 0 aliphatic carbocycles. The van der Waals surface area contributed by atoms with Crippen molar-refractivity contribution in [1.82, 2.24) is 15.3 Å². The number of halogens is 1. The van der Waals surface area contributed by atoms with Gasteiger partial charge in [-0.05, 0) is 42.0 Å². The molecule has 1 unspecified atom stereocenters. The number of nitrogens with zero attached hydrogens (tertiary/aromatic N) is 2. The maximum absolute atomic E-state index is 12.9. The molecule has 1 aliphatic rings. The van der Waals surface area contributed by atoms with Crippen LogP contribution in [0.5, 0.6) is 0 Å². The van der Waals surface area contributed by atoms with Gasteiger partial charge in [-0.15, -0.1) is 0 Å². The molecule has 3 rings (SSSR count). The number of hydrogen-bond donors (Lipinski definition) is 2. The van der Waals surface area contributed by atoms with Crippen LogP contribution in [0.15, 0.2) is 59.1 Å². The molecule has 3 N–H and O–H groups in total. The first-order chi connectivity index (χ1) is 13.4. The Morgan fingerprint density at radius 1 is 1.11 bits per heavy atom. The zero-order valence-electron chi connectivity index (χ0n) is 14.7. The van der Waals surface area contributed by atoms with E-state index in [0.717, 1.165) is 10.0 Å². The lowest BCUT2D eigenvalue weighted by Crippen LogP contribution is -2.49. The van der Waals surface area contributed by atoms with Crippen LogP contribution in [0.2, 0.25) is 0 Å². The molecule has 7 nitrogen and oxygen atoms in total. The predicted molar refractivity (Wildman–Crippen MR) is 111 cm³/mol. The van der Waals surface area contributed by atoms with Crippen molar-refractivity contribution in [1.29, 1.82) is 0 Å². The minimum absolute atomic E-state index is 0.116. The van der Waals surface area contributed by atoms with Gasteiger partial charge in [0.05, 0.1) is 13.0 Å². The third-order valence-electron chi connectivity index (χ3n) is 4.21. The molecular formula is C19H17BrN4O3S. The first-order valence-electron chi connectivity index (χ1n) is 8.40. The molecule has 0 aromatic heterocycles. The van der Waals surface area contributed by atoms with Crippen LogP contribution in [0, 0.1) is 0 Å². The van der Waals surface area contributed by atoms with Crippen molar-refractivity contribution in [2.75, 3.05) is 0 Å². The van der Waals surface area contributed by atoms with Crippen molar-refractivity contribution in [2.45, 2.75) is 19.0 Å². The first-order valence-corrected chi connectivity index (χ1v) is 9.60. The third kappa shape index (κ3) is 4.37. The molecule has 2 aromatic carbocycles. The lowest BCUT2D eigenvalue weighted by molar-refractivity contribution is -0.131. The number of rotatable bonds is 6. The van der Waals surface area contributed by atoms with Crippen LogP contribution >= 0.6 is 28.1 Å². The number of carbonyl (C=O) groups is 3. The lowest BCUT2D eigenvalue weighted by Gasteiger charge is -2.24. The van der Waals surface area contributed by atoms with E-state index < -0.39 is 17.9 Å². The van der Waals surface area contributed by atoms with Gasteiger partial charge in [-0.25, -0.2) is 5.01 Å². The van der Waals surface area contributed by atoms with Gasteiger partial charge >= 0.3 is 0 Å². The summed E-state index contributed by atoms with van der Waals surface area (Å²) >= 11 is 8.72. The molecule has 28 heavy (non-hydrogen) atoms. The molecule has 1 saturated heterocycles. The van der Waals surface area contributed by atoms with Crippen molar-refractivity contribution in [2.24, 2.45) is 5.73 Å². The highest BCUT2D eigenvalue weighted by Gasteiger charge is 2.44. The van der Waals surface area contributed by atoms with E-state index in [0.29, 0.717) is 5.56 Å². The van der Waals surface area contributed by atoms with E-state index in [9.17, 15) is 14.4 Å². The van der Waals surface area contributed by atoms with Gasteiger partial charge in [0, 0.05) is 10.0 Å². The second-order valence-corrected chi connectivity index (χ2v) is 7.48. The smallest absolute Gasteiger partial charge is 0.269 e. The molecule has 0 bridgehead atoms. The molecule has 0 saturated carbocycles. The summed E-state index contributed by atoms with van der Waals surface area (Å²) in [6.45, 7) is 0.235. The average Bonchev–Trinajstić information content (AvgIpc) is 2.87. The van der Waals surface area contributed by atoms with Crippen molar-refractivity contribution < 1.29 is 14.4 Å². The van der Waals surface area contributed by atoms with E-state index in [-0.39, 0.29) is 24.0 Å². The van der Waals surface area contributed by atoms with Crippen LogP contribution in [-0.4, -0.2) is 38.8 Å². The quantitative estimate of drug-likeness (QED) is 0.642. The fourth-order valence-electron chi connectivity index (χ4n) is 2.83. The normalized spacial score (nSPS) is 16.4. The van der Waals surface area contributed by atoms with Crippen LogP contribution in [0.1, 0.15) is 22.3 Å². The molecule has 0 radical (unpaired) electrons. The van der Waals surface area contributed by atoms with Gasteiger partial charge in [-0.3, -0.25) is 24.7 Å². The average molecular weight is 461 g/mol. The monoisotopic (exact) mass is 460 g/mol. The van der Waals surface area contributed by atoms with Crippen LogP contribution in [0.3, 0.4) is 0 Å². The Morgan fingerprint density at radius 2 is 1.75 bits per heavy atom. The molecule has 1 atom stereocenters. The molecular weight excluding hydrogens is 444 g/mol. The maximum Gasteiger partial charge on any atom is 0.269 e. The summed E-state index contributed by atoms with van der Waals surface area (Å²) in [6.07, 6.45) is -0.259. The first kappa shape index (κ1) is 20.0. The largest absolute Gasteiger partial charge is 0.370 e. The van der Waals surface area contributed by atoms with Crippen molar-refractivity contribution in [3.63, 3.8) is 0 Å². The number of primary amides is 1. The fraction of sp³-hybridized carbons (Fsp3) is 0.158. The Hall–Kier alpha value is -2.78. The summed E-state index contributed by atoms with van der Waals surface area (Å²) in [5, 5.41) is 1.36. The van der Waals surface area contributed by atoms with Crippen LogP contribution in [-0.2, 0) is 16.1 Å². The highest BCUT2D eigenvalue weighted by molar-refractivity contribution is 9.10. The summed E-state index contributed by atoms with van der Waals surface area (Å²) in [5.41, 5.74) is 9.19. The molecule has 2 aromatic rings. The fourth-order valence-corrected chi connectivity index (χ4v) is 3.42. The van der Waals surface area contributed by atoms with Crippen molar-refractivity contribution in [3.05, 3.63) is 70.2 Å². The number of hydrazine groups is 1. The number of amides is 3. The molecule has 1 aliphatic heterocycles. The van der Waals surface area contributed by atoms with E-state index in [4.69, 9.17) is 18.0 Å². The minimum atomic E-state index is -0.979. The zero-order chi connectivity index (χ0) is 20.3. The molecule has 1 fully saturated rings. The topological polar surface area (TPSA) is 95.7 Å². The van der Waals surface area contributed by atoms with Gasteiger partial charge in [0.1, 0.15) is 6.04 Å². The van der Waals surface area contributed by atoms with Crippen LogP contribution < -0.4 is 11.2 Å². The summed E-state index contributed by atoms with van der Waals surface area (Å²) in [7, 11) is 0. The van der Waals surface area contributed by atoms with E-state index in [2.05, 4.69) is 21.4 Å². The minimum Gasteiger partial charge on any atom is -0.370 e. The van der Waals surface area contributed by atoms with Gasteiger partial charge in [-0.1, -0.05) is 46.3 Å². The van der Waals surface area contributed by atoms with E-state index >= 15 is 0 Å².